The van der Waals surface area contributed by atoms with E-state index in [1.165, 1.54) is 0 Å². The maximum absolute atomic E-state index is 9.83. The summed E-state index contributed by atoms with van der Waals surface area (Å²) < 4.78 is 1.00. The molecule has 3 heteroatoms. The number of aliphatic hydroxyl groups excluding tert-OH is 1. The van der Waals surface area contributed by atoms with Crippen LogP contribution in [0, 0.1) is 5.41 Å². The van der Waals surface area contributed by atoms with Gasteiger partial charge in [0.25, 0.3) is 0 Å². The normalized spacial score (nSPS) is 13.6. The average molecular weight is 300 g/mol. The van der Waals surface area contributed by atoms with E-state index in [1.807, 2.05) is 12.1 Å². The van der Waals surface area contributed by atoms with E-state index in [4.69, 9.17) is 0 Å². The van der Waals surface area contributed by atoms with Gasteiger partial charge in [-0.2, -0.15) is 0 Å². The minimum atomic E-state index is -0.454. The Labute approximate surface area is 113 Å². The van der Waals surface area contributed by atoms with Crippen LogP contribution < -0.4 is 4.90 Å². The van der Waals surface area contributed by atoms with E-state index in [0.29, 0.717) is 0 Å². The highest BCUT2D eigenvalue weighted by atomic mass is 79.9. The molecule has 0 amide bonds. The predicted molar refractivity (Wildman–Crippen MR) is 77.5 cm³/mol. The van der Waals surface area contributed by atoms with Crippen molar-refractivity contribution < 1.29 is 5.11 Å². The molecule has 0 heterocycles. The molecule has 1 rings (SSSR count). The smallest absolute Gasteiger partial charge is 0.0782 e. The summed E-state index contributed by atoms with van der Waals surface area (Å²) in [6, 6.07) is 6.05. The lowest BCUT2D eigenvalue weighted by molar-refractivity contribution is 0.199. The molecule has 0 aromatic heterocycles. The molecule has 0 spiro atoms. The molecule has 1 aromatic carbocycles. The van der Waals surface area contributed by atoms with E-state index >= 15 is 0 Å². The average Bonchev–Trinajstić information content (AvgIpc) is 2.14. The van der Waals surface area contributed by atoms with Crippen molar-refractivity contribution in [2.75, 3.05) is 18.5 Å². The second kappa shape index (κ2) is 5.40. The van der Waals surface area contributed by atoms with Gasteiger partial charge >= 0.3 is 0 Å². The van der Waals surface area contributed by atoms with Gasteiger partial charge in [0, 0.05) is 29.3 Å². The quantitative estimate of drug-likeness (QED) is 0.912. The van der Waals surface area contributed by atoms with Crippen LogP contribution >= 0.6 is 15.9 Å². The molecule has 0 fully saturated rings. The Hall–Kier alpha value is -0.540. The molecular formula is C14H22BrNO. The number of anilines is 1. The zero-order valence-corrected chi connectivity index (χ0v) is 12.9. The molecule has 0 aliphatic rings. The molecule has 0 saturated carbocycles. The Morgan fingerprint density at radius 1 is 1.35 bits per heavy atom. The molecule has 1 aromatic rings. The van der Waals surface area contributed by atoms with Crippen LogP contribution in [0.1, 0.15) is 39.4 Å². The second-order valence-corrected chi connectivity index (χ2v) is 6.71. The predicted octanol–water partition coefficient (Wildman–Crippen LogP) is 3.98. The van der Waals surface area contributed by atoms with Crippen LogP contribution in [0.4, 0.5) is 5.69 Å². The maximum Gasteiger partial charge on any atom is 0.0782 e. The highest BCUT2D eigenvalue weighted by molar-refractivity contribution is 9.10. The van der Waals surface area contributed by atoms with Crippen molar-refractivity contribution >= 4 is 21.6 Å². The first kappa shape index (κ1) is 14.5. The number of benzene rings is 1. The van der Waals surface area contributed by atoms with Gasteiger partial charge < -0.3 is 10.0 Å². The van der Waals surface area contributed by atoms with Gasteiger partial charge in [-0.25, -0.2) is 0 Å². The van der Waals surface area contributed by atoms with Gasteiger partial charge in [0.05, 0.1) is 6.10 Å². The molecule has 0 saturated heterocycles. The van der Waals surface area contributed by atoms with Gasteiger partial charge in [-0.05, 0) is 30.5 Å². The zero-order valence-electron chi connectivity index (χ0n) is 11.3. The summed E-state index contributed by atoms with van der Waals surface area (Å²) in [6.45, 7) is 9.39. The van der Waals surface area contributed by atoms with Gasteiger partial charge in [0.15, 0.2) is 0 Å². The standard InChI is InChI=1S/C14H22BrNO/c1-10(17)12-8-11(15)6-7-13(12)16(5)9-14(2,3)4/h6-8,10,17H,9H2,1-5H3. The third-order valence-corrected chi connectivity index (χ3v) is 3.06. The zero-order chi connectivity index (χ0) is 13.2. The molecule has 17 heavy (non-hydrogen) atoms. The van der Waals surface area contributed by atoms with E-state index in [1.54, 1.807) is 6.92 Å². The van der Waals surface area contributed by atoms with Crippen LogP contribution in [0.5, 0.6) is 0 Å². The van der Waals surface area contributed by atoms with Crippen LogP contribution in [0.2, 0.25) is 0 Å². The molecule has 1 N–H and O–H groups in total. The van der Waals surface area contributed by atoms with E-state index in [-0.39, 0.29) is 5.41 Å². The fraction of sp³-hybridized carbons (Fsp3) is 0.571. The number of halogens is 1. The summed E-state index contributed by atoms with van der Waals surface area (Å²) in [5.41, 5.74) is 2.29. The van der Waals surface area contributed by atoms with Crippen molar-refractivity contribution in [2.45, 2.75) is 33.8 Å². The van der Waals surface area contributed by atoms with Crippen molar-refractivity contribution in [3.8, 4) is 0 Å². The molecular weight excluding hydrogens is 278 g/mol. The van der Waals surface area contributed by atoms with Crippen LogP contribution in [0.15, 0.2) is 22.7 Å². The summed E-state index contributed by atoms with van der Waals surface area (Å²) in [5, 5.41) is 9.83. The minimum absolute atomic E-state index is 0.234. The van der Waals surface area contributed by atoms with E-state index in [2.05, 4.69) is 54.7 Å². The monoisotopic (exact) mass is 299 g/mol. The Morgan fingerprint density at radius 2 is 1.94 bits per heavy atom. The first-order valence-electron chi connectivity index (χ1n) is 5.89. The fourth-order valence-electron chi connectivity index (χ4n) is 2.00. The number of rotatable bonds is 3. The summed E-state index contributed by atoms with van der Waals surface area (Å²) >= 11 is 3.45. The molecule has 1 atom stereocenters. The van der Waals surface area contributed by atoms with Crippen molar-refractivity contribution in [3.05, 3.63) is 28.2 Å². The fourth-order valence-corrected chi connectivity index (χ4v) is 2.38. The molecule has 96 valence electrons. The number of nitrogens with zero attached hydrogens (tertiary/aromatic N) is 1. The molecule has 0 bridgehead atoms. The topological polar surface area (TPSA) is 23.5 Å². The largest absolute Gasteiger partial charge is 0.389 e. The Balaban J connectivity index is 3.04. The van der Waals surface area contributed by atoms with Gasteiger partial charge in [-0.3, -0.25) is 0 Å². The van der Waals surface area contributed by atoms with Crippen LogP contribution in [0.25, 0.3) is 0 Å². The minimum Gasteiger partial charge on any atom is -0.389 e. The Bertz CT molecular complexity index is 382. The van der Waals surface area contributed by atoms with Crippen molar-refractivity contribution in [2.24, 2.45) is 5.41 Å². The van der Waals surface area contributed by atoms with E-state index in [0.717, 1.165) is 22.3 Å². The Kier molecular flexibility index (Phi) is 4.62. The first-order chi connectivity index (χ1) is 7.70. The molecule has 1 unspecified atom stereocenters. The highest BCUT2D eigenvalue weighted by Gasteiger charge is 2.17. The first-order valence-corrected chi connectivity index (χ1v) is 6.68. The molecule has 2 nitrogen and oxygen atoms in total. The lowest BCUT2D eigenvalue weighted by Crippen LogP contribution is -2.30. The maximum atomic E-state index is 9.83. The summed E-state index contributed by atoms with van der Waals surface area (Å²) in [4.78, 5) is 2.20. The highest BCUT2D eigenvalue weighted by Crippen LogP contribution is 2.30. The third-order valence-electron chi connectivity index (χ3n) is 2.56. The van der Waals surface area contributed by atoms with Gasteiger partial charge in [-0.15, -0.1) is 0 Å². The van der Waals surface area contributed by atoms with Gasteiger partial charge in [0.2, 0.25) is 0 Å². The summed E-state index contributed by atoms with van der Waals surface area (Å²) in [6.07, 6.45) is -0.454. The van der Waals surface area contributed by atoms with E-state index in [9.17, 15) is 5.11 Å². The number of hydrogen-bond donors (Lipinski definition) is 1. The van der Waals surface area contributed by atoms with Crippen molar-refractivity contribution in [1.29, 1.82) is 0 Å². The summed E-state index contributed by atoms with van der Waals surface area (Å²) in [5.74, 6) is 0. The lowest BCUT2D eigenvalue weighted by atomic mass is 9.95. The van der Waals surface area contributed by atoms with Crippen molar-refractivity contribution in [3.63, 3.8) is 0 Å². The van der Waals surface area contributed by atoms with Crippen molar-refractivity contribution in [1.82, 2.24) is 0 Å². The van der Waals surface area contributed by atoms with Crippen LogP contribution in [-0.4, -0.2) is 18.7 Å². The molecule has 0 radical (unpaired) electrons. The SMILES string of the molecule is CC(O)c1cc(Br)ccc1N(C)CC(C)(C)C. The van der Waals surface area contributed by atoms with E-state index < -0.39 is 6.10 Å². The van der Waals surface area contributed by atoms with Gasteiger partial charge in [0.1, 0.15) is 0 Å². The summed E-state index contributed by atoms with van der Waals surface area (Å²) in [7, 11) is 2.07. The Morgan fingerprint density at radius 3 is 2.41 bits per heavy atom. The lowest BCUT2D eigenvalue weighted by Gasteiger charge is -2.30. The van der Waals surface area contributed by atoms with Gasteiger partial charge in [-0.1, -0.05) is 36.7 Å². The van der Waals surface area contributed by atoms with Crippen LogP contribution in [-0.2, 0) is 0 Å². The van der Waals surface area contributed by atoms with Crippen LogP contribution in [0.3, 0.4) is 0 Å². The molecule has 0 aliphatic heterocycles. The number of aliphatic hydroxyl groups is 1. The molecule has 0 aliphatic carbocycles. The third kappa shape index (κ3) is 4.32. The second-order valence-electron chi connectivity index (χ2n) is 5.80. The number of hydrogen-bond acceptors (Lipinski definition) is 2.